The van der Waals surface area contributed by atoms with Gasteiger partial charge in [-0.15, -0.1) is 0 Å². The molecular formula is C35H45N3O3. The number of aliphatic hydroxyl groups excluding tert-OH is 1. The van der Waals surface area contributed by atoms with Crippen molar-refractivity contribution < 1.29 is 14.6 Å². The molecule has 4 atom stereocenters. The van der Waals surface area contributed by atoms with Crippen molar-refractivity contribution in [2.24, 2.45) is 11.8 Å². The molecule has 0 bridgehead atoms. The molecule has 2 aromatic carbocycles. The van der Waals surface area contributed by atoms with Crippen LogP contribution in [-0.2, 0) is 4.79 Å². The minimum atomic E-state index is -0.473. The SMILES string of the molecule is COc1ccc(C2CCC(C(NC(=O)C3CCCCC3)c3cccc(-c4ccc(N(C)C)cn4)c3)CC2O)cc1C. The lowest BCUT2D eigenvalue weighted by atomic mass is 9.72. The molecular weight excluding hydrogens is 510 g/mol. The number of ether oxygens (including phenoxy) is 1. The van der Waals surface area contributed by atoms with Gasteiger partial charge in [-0.2, -0.15) is 0 Å². The highest BCUT2D eigenvalue weighted by molar-refractivity contribution is 5.79. The van der Waals surface area contributed by atoms with Crippen molar-refractivity contribution in [2.45, 2.75) is 76.4 Å². The van der Waals surface area contributed by atoms with Crippen molar-refractivity contribution in [3.63, 3.8) is 0 Å². The van der Waals surface area contributed by atoms with Gasteiger partial charge in [0.1, 0.15) is 5.75 Å². The third-order valence-electron chi connectivity index (χ3n) is 9.26. The van der Waals surface area contributed by atoms with Gasteiger partial charge in [0.15, 0.2) is 0 Å². The summed E-state index contributed by atoms with van der Waals surface area (Å²) < 4.78 is 5.45. The van der Waals surface area contributed by atoms with Gasteiger partial charge in [0, 0.05) is 31.5 Å². The van der Waals surface area contributed by atoms with Gasteiger partial charge in [0.05, 0.1) is 36.8 Å². The topological polar surface area (TPSA) is 74.7 Å². The summed E-state index contributed by atoms with van der Waals surface area (Å²) in [5.41, 5.74) is 6.33. The van der Waals surface area contributed by atoms with E-state index in [2.05, 4.69) is 53.8 Å². The Kier molecular flexibility index (Phi) is 9.29. The first-order chi connectivity index (χ1) is 19.8. The van der Waals surface area contributed by atoms with Crippen LogP contribution < -0.4 is 15.0 Å². The normalized spacial score (nSPS) is 22.1. The zero-order valence-corrected chi connectivity index (χ0v) is 25.0. The zero-order valence-electron chi connectivity index (χ0n) is 25.0. The van der Waals surface area contributed by atoms with Gasteiger partial charge in [-0.25, -0.2) is 0 Å². The maximum absolute atomic E-state index is 13.5. The van der Waals surface area contributed by atoms with Crippen LogP contribution >= 0.6 is 0 Å². The Morgan fingerprint density at radius 2 is 1.83 bits per heavy atom. The number of carbonyl (C=O) groups excluding carboxylic acids is 1. The molecule has 5 rings (SSSR count). The van der Waals surface area contributed by atoms with Crippen molar-refractivity contribution >= 4 is 11.6 Å². The van der Waals surface area contributed by atoms with Gasteiger partial charge >= 0.3 is 0 Å². The number of nitrogens with zero attached hydrogens (tertiary/aromatic N) is 2. The lowest BCUT2D eigenvalue weighted by Crippen LogP contribution is -2.41. The summed E-state index contributed by atoms with van der Waals surface area (Å²) >= 11 is 0. The van der Waals surface area contributed by atoms with E-state index in [0.29, 0.717) is 6.42 Å². The average molecular weight is 556 g/mol. The Morgan fingerprint density at radius 1 is 1.02 bits per heavy atom. The van der Waals surface area contributed by atoms with E-state index in [1.54, 1.807) is 7.11 Å². The second-order valence-electron chi connectivity index (χ2n) is 12.2. The Balaban J connectivity index is 1.40. The quantitative estimate of drug-likeness (QED) is 0.319. The summed E-state index contributed by atoms with van der Waals surface area (Å²) in [7, 11) is 5.71. The molecule has 0 aliphatic heterocycles. The van der Waals surface area contributed by atoms with E-state index < -0.39 is 6.10 Å². The first-order valence-electron chi connectivity index (χ1n) is 15.2. The van der Waals surface area contributed by atoms with E-state index in [9.17, 15) is 9.90 Å². The number of rotatable bonds is 8. The van der Waals surface area contributed by atoms with Crippen LogP contribution in [-0.4, -0.2) is 43.3 Å². The van der Waals surface area contributed by atoms with E-state index in [0.717, 1.165) is 77.9 Å². The smallest absolute Gasteiger partial charge is 0.223 e. The molecule has 2 N–H and O–H groups in total. The average Bonchev–Trinajstić information content (AvgIpc) is 3.00. The number of methoxy groups -OCH3 is 1. The van der Waals surface area contributed by atoms with Crippen LogP contribution in [0.1, 0.15) is 80.0 Å². The van der Waals surface area contributed by atoms with Crippen molar-refractivity contribution in [1.82, 2.24) is 10.3 Å². The summed E-state index contributed by atoms with van der Waals surface area (Å²) in [4.78, 5) is 20.3. The molecule has 0 saturated heterocycles. The summed E-state index contributed by atoms with van der Waals surface area (Å²) in [5, 5.41) is 14.9. The molecule has 2 saturated carbocycles. The Morgan fingerprint density at radius 3 is 2.49 bits per heavy atom. The lowest BCUT2D eigenvalue weighted by Gasteiger charge is -2.38. The van der Waals surface area contributed by atoms with Crippen LogP contribution in [0.15, 0.2) is 60.8 Å². The fourth-order valence-electron chi connectivity index (χ4n) is 6.82. The lowest BCUT2D eigenvalue weighted by molar-refractivity contribution is -0.127. The summed E-state index contributed by atoms with van der Waals surface area (Å²) in [6.07, 6.45) is 9.27. The molecule has 6 nitrogen and oxygen atoms in total. The predicted octanol–water partition coefficient (Wildman–Crippen LogP) is 6.81. The molecule has 3 aromatic rings. The Bertz CT molecular complexity index is 1320. The highest BCUT2D eigenvalue weighted by Crippen LogP contribution is 2.43. The third kappa shape index (κ3) is 6.75. The minimum absolute atomic E-state index is 0.0799. The number of carbonyl (C=O) groups is 1. The van der Waals surface area contributed by atoms with Crippen molar-refractivity contribution in [2.75, 3.05) is 26.1 Å². The van der Waals surface area contributed by atoms with Crippen LogP contribution in [0, 0.1) is 18.8 Å². The number of pyridine rings is 1. The Hall–Kier alpha value is -3.38. The number of hydrogen-bond donors (Lipinski definition) is 2. The molecule has 1 amide bonds. The van der Waals surface area contributed by atoms with Crippen molar-refractivity contribution in [3.8, 4) is 17.0 Å². The second-order valence-corrected chi connectivity index (χ2v) is 12.2. The van der Waals surface area contributed by atoms with Gasteiger partial charge in [0.2, 0.25) is 5.91 Å². The van der Waals surface area contributed by atoms with Gasteiger partial charge in [-0.3, -0.25) is 9.78 Å². The minimum Gasteiger partial charge on any atom is -0.496 e. The molecule has 1 heterocycles. The predicted molar refractivity (Wildman–Crippen MR) is 165 cm³/mol. The van der Waals surface area contributed by atoms with E-state index in [1.807, 2.05) is 38.2 Å². The van der Waals surface area contributed by atoms with Gasteiger partial charge in [-0.1, -0.05) is 49.6 Å². The van der Waals surface area contributed by atoms with E-state index in [-0.39, 0.29) is 29.7 Å². The molecule has 41 heavy (non-hydrogen) atoms. The van der Waals surface area contributed by atoms with Gasteiger partial charge < -0.3 is 20.1 Å². The van der Waals surface area contributed by atoms with Crippen molar-refractivity contribution in [1.29, 1.82) is 0 Å². The fraction of sp³-hybridized carbons (Fsp3) is 0.486. The summed E-state index contributed by atoms with van der Waals surface area (Å²) in [6.45, 7) is 2.05. The molecule has 1 aromatic heterocycles. The molecule has 2 aliphatic carbocycles. The second kappa shape index (κ2) is 13.1. The number of anilines is 1. The van der Waals surface area contributed by atoms with E-state index in [1.165, 1.54) is 6.42 Å². The first kappa shape index (κ1) is 29.1. The number of nitrogens with one attached hydrogen (secondary N) is 1. The number of aliphatic hydroxyl groups is 1. The van der Waals surface area contributed by atoms with Crippen molar-refractivity contribution in [3.05, 3.63) is 77.5 Å². The molecule has 4 unspecified atom stereocenters. The third-order valence-corrected chi connectivity index (χ3v) is 9.26. The van der Waals surface area contributed by atoms with E-state index in [4.69, 9.17) is 9.72 Å². The van der Waals surface area contributed by atoms with Crippen LogP contribution in [0.5, 0.6) is 5.75 Å². The molecule has 2 fully saturated rings. The molecule has 0 spiro atoms. The number of aromatic nitrogens is 1. The number of amides is 1. The first-order valence-corrected chi connectivity index (χ1v) is 15.2. The molecule has 2 aliphatic rings. The standard InChI is InChI=1S/C35H45N3O3/c1-23-19-25(14-18-33(23)41-4)30-16-13-28(21-32(30)39)34(37-35(40)24-9-6-5-7-10-24)27-12-8-11-26(20-27)31-17-15-29(22-36-31)38(2)3/h8,11-12,14-15,17-20,22,24,28,30,32,34,39H,5-7,9-10,13,16,21H2,1-4H3,(H,37,40). The van der Waals surface area contributed by atoms with Crippen LogP contribution in [0.3, 0.4) is 0 Å². The summed E-state index contributed by atoms with van der Waals surface area (Å²) in [5.74, 6) is 1.34. The number of benzene rings is 2. The fourth-order valence-corrected chi connectivity index (χ4v) is 6.82. The summed E-state index contributed by atoms with van der Waals surface area (Å²) in [6, 6.07) is 18.6. The van der Waals surface area contributed by atoms with Crippen LogP contribution in [0.2, 0.25) is 0 Å². The molecule has 218 valence electrons. The maximum Gasteiger partial charge on any atom is 0.223 e. The number of aryl methyl sites for hydroxylation is 1. The van der Waals surface area contributed by atoms with E-state index >= 15 is 0 Å². The maximum atomic E-state index is 13.5. The zero-order chi connectivity index (χ0) is 28.9. The molecule has 6 heteroatoms. The highest BCUT2D eigenvalue weighted by Gasteiger charge is 2.36. The number of hydrogen-bond acceptors (Lipinski definition) is 5. The van der Waals surface area contributed by atoms with Crippen LogP contribution in [0.25, 0.3) is 11.3 Å². The van der Waals surface area contributed by atoms with Gasteiger partial charge in [-0.05, 0) is 85.9 Å². The largest absolute Gasteiger partial charge is 0.496 e. The molecule has 0 radical (unpaired) electrons. The monoisotopic (exact) mass is 555 g/mol. The van der Waals surface area contributed by atoms with Gasteiger partial charge in [0.25, 0.3) is 0 Å². The Labute approximate surface area is 245 Å². The van der Waals surface area contributed by atoms with Crippen LogP contribution in [0.4, 0.5) is 5.69 Å². The highest BCUT2D eigenvalue weighted by atomic mass is 16.5.